The summed E-state index contributed by atoms with van der Waals surface area (Å²) in [4.78, 5) is 21.6. The Labute approximate surface area is 137 Å². The molecule has 1 amide bonds. The summed E-state index contributed by atoms with van der Waals surface area (Å²) in [5.41, 5.74) is 6.33. The van der Waals surface area contributed by atoms with Crippen LogP contribution in [0.2, 0.25) is 0 Å². The average molecular weight is 315 g/mol. The third-order valence-corrected chi connectivity index (χ3v) is 4.17. The number of rotatable bonds is 6. The molecule has 124 valence electrons. The summed E-state index contributed by atoms with van der Waals surface area (Å²) < 4.78 is 0. The molecule has 2 rings (SSSR count). The molecule has 0 radical (unpaired) electrons. The minimum Gasteiger partial charge on any atom is -0.395 e. The van der Waals surface area contributed by atoms with E-state index in [4.69, 9.17) is 0 Å². The number of carbonyl (C=O) groups excluding carboxylic acids is 1. The van der Waals surface area contributed by atoms with E-state index in [1.807, 2.05) is 20.8 Å². The topological polar surface area (TPSA) is 69.2 Å². The van der Waals surface area contributed by atoms with Crippen LogP contribution in [0, 0.1) is 27.7 Å². The lowest BCUT2D eigenvalue weighted by molar-refractivity contribution is -0.131. The zero-order valence-corrected chi connectivity index (χ0v) is 14.3. The molecule has 0 aliphatic heterocycles. The molecule has 23 heavy (non-hydrogen) atoms. The van der Waals surface area contributed by atoms with Crippen LogP contribution in [0.15, 0.2) is 18.5 Å². The predicted octanol–water partition coefficient (Wildman–Crippen LogP) is 2.21. The van der Waals surface area contributed by atoms with Crippen LogP contribution >= 0.6 is 0 Å². The van der Waals surface area contributed by atoms with Crippen molar-refractivity contribution in [2.45, 2.75) is 40.7 Å². The van der Waals surface area contributed by atoms with Crippen molar-refractivity contribution >= 4 is 5.91 Å². The second kappa shape index (κ2) is 7.42. The first-order chi connectivity index (χ1) is 10.9. The fraction of sp³-hybridized carbons (Fsp3) is 0.444. The van der Waals surface area contributed by atoms with Crippen molar-refractivity contribution in [2.75, 3.05) is 13.2 Å². The number of carbonyl (C=O) groups is 1. The third-order valence-electron chi connectivity index (χ3n) is 4.17. The van der Waals surface area contributed by atoms with Crippen LogP contribution in [0.3, 0.4) is 0 Å². The number of benzene rings is 1. The normalized spacial score (nSPS) is 10.8. The quantitative estimate of drug-likeness (QED) is 0.858. The van der Waals surface area contributed by atoms with Gasteiger partial charge in [-0.2, -0.15) is 0 Å². The molecule has 1 aromatic carbocycles. The van der Waals surface area contributed by atoms with E-state index in [0.717, 1.165) is 28.1 Å². The Morgan fingerprint density at radius 1 is 1.22 bits per heavy atom. The van der Waals surface area contributed by atoms with Crippen molar-refractivity contribution in [3.63, 3.8) is 0 Å². The highest BCUT2D eigenvalue weighted by Gasteiger charge is 2.18. The summed E-state index contributed by atoms with van der Waals surface area (Å²) in [5.74, 6) is 0.0107. The Hall–Kier alpha value is -2.14. The molecule has 0 fully saturated rings. The highest BCUT2D eigenvalue weighted by molar-refractivity contribution is 5.79. The number of H-pyrrole nitrogens is 1. The van der Waals surface area contributed by atoms with Crippen LogP contribution < -0.4 is 0 Å². The lowest BCUT2D eigenvalue weighted by Gasteiger charge is -2.22. The fourth-order valence-electron chi connectivity index (χ4n) is 2.89. The summed E-state index contributed by atoms with van der Waals surface area (Å²) in [7, 11) is 0. The van der Waals surface area contributed by atoms with Gasteiger partial charge in [0, 0.05) is 12.2 Å². The minimum atomic E-state index is -0.0545. The molecule has 1 aromatic heterocycles. The number of hydrogen-bond donors (Lipinski definition) is 2. The van der Waals surface area contributed by atoms with E-state index in [1.165, 1.54) is 5.56 Å². The molecule has 0 saturated heterocycles. The van der Waals surface area contributed by atoms with Crippen LogP contribution in [0.4, 0.5) is 0 Å². The Morgan fingerprint density at radius 3 is 2.39 bits per heavy atom. The summed E-state index contributed by atoms with van der Waals surface area (Å²) in [6, 6.07) is 4.20. The average Bonchev–Trinajstić information content (AvgIpc) is 2.87. The number of hydrogen-bond acceptors (Lipinski definition) is 3. The van der Waals surface area contributed by atoms with Crippen LogP contribution in [0.1, 0.15) is 33.6 Å². The maximum atomic E-state index is 12.7. The predicted molar refractivity (Wildman–Crippen MR) is 90.2 cm³/mol. The molecule has 0 atom stereocenters. The Balaban J connectivity index is 2.17. The van der Waals surface area contributed by atoms with Gasteiger partial charge in [-0.05, 0) is 44.4 Å². The molecule has 0 aliphatic carbocycles. The van der Waals surface area contributed by atoms with E-state index in [-0.39, 0.29) is 12.5 Å². The highest BCUT2D eigenvalue weighted by atomic mass is 16.3. The fourth-order valence-corrected chi connectivity index (χ4v) is 2.89. The molecule has 1 heterocycles. The van der Waals surface area contributed by atoms with Crippen molar-refractivity contribution in [3.8, 4) is 0 Å². The SMILES string of the molecule is Cc1cc(C)c(CC(=O)N(CCO)Cc2nc[nH]c2C)c(C)c1. The Bertz CT molecular complexity index is 668. The van der Waals surface area contributed by atoms with Crippen molar-refractivity contribution < 1.29 is 9.90 Å². The smallest absolute Gasteiger partial charge is 0.227 e. The molecular formula is C18H25N3O2. The van der Waals surface area contributed by atoms with Gasteiger partial charge in [-0.3, -0.25) is 4.79 Å². The van der Waals surface area contributed by atoms with Crippen molar-refractivity contribution in [1.29, 1.82) is 0 Å². The first kappa shape index (κ1) is 17.2. The minimum absolute atomic E-state index is 0.0107. The molecule has 0 saturated carbocycles. The molecule has 2 N–H and O–H groups in total. The van der Waals surface area contributed by atoms with Crippen LogP contribution in [-0.2, 0) is 17.8 Å². The zero-order valence-electron chi connectivity index (χ0n) is 14.3. The van der Waals surface area contributed by atoms with Gasteiger partial charge in [0.25, 0.3) is 0 Å². The van der Waals surface area contributed by atoms with Gasteiger partial charge in [-0.1, -0.05) is 17.7 Å². The Morgan fingerprint density at radius 2 is 1.87 bits per heavy atom. The van der Waals surface area contributed by atoms with Crippen molar-refractivity contribution in [2.24, 2.45) is 0 Å². The van der Waals surface area contributed by atoms with E-state index in [2.05, 4.69) is 29.0 Å². The molecule has 0 unspecified atom stereocenters. The van der Waals surface area contributed by atoms with Gasteiger partial charge in [0.05, 0.1) is 31.6 Å². The van der Waals surface area contributed by atoms with Crippen LogP contribution in [0.5, 0.6) is 0 Å². The third kappa shape index (κ3) is 4.20. The highest BCUT2D eigenvalue weighted by Crippen LogP contribution is 2.18. The van der Waals surface area contributed by atoms with Gasteiger partial charge >= 0.3 is 0 Å². The second-order valence-corrected chi connectivity index (χ2v) is 6.07. The number of aryl methyl sites for hydroxylation is 4. The van der Waals surface area contributed by atoms with E-state index in [9.17, 15) is 9.90 Å². The number of aliphatic hydroxyl groups is 1. The molecular weight excluding hydrogens is 290 g/mol. The van der Waals surface area contributed by atoms with Crippen LogP contribution in [0.25, 0.3) is 0 Å². The lowest BCUT2D eigenvalue weighted by atomic mass is 9.97. The van der Waals surface area contributed by atoms with Gasteiger partial charge in [0.1, 0.15) is 0 Å². The van der Waals surface area contributed by atoms with E-state index in [0.29, 0.717) is 19.5 Å². The molecule has 5 nitrogen and oxygen atoms in total. The monoisotopic (exact) mass is 315 g/mol. The lowest BCUT2D eigenvalue weighted by Crippen LogP contribution is -2.34. The van der Waals surface area contributed by atoms with Gasteiger partial charge < -0.3 is 15.0 Å². The maximum Gasteiger partial charge on any atom is 0.227 e. The number of imidazole rings is 1. The molecule has 0 aliphatic rings. The summed E-state index contributed by atoms with van der Waals surface area (Å²) >= 11 is 0. The number of aromatic amines is 1. The van der Waals surface area contributed by atoms with Crippen molar-refractivity contribution in [1.82, 2.24) is 14.9 Å². The second-order valence-electron chi connectivity index (χ2n) is 6.07. The van der Waals surface area contributed by atoms with Gasteiger partial charge in [-0.25, -0.2) is 4.98 Å². The number of amides is 1. The van der Waals surface area contributed by atoms with Gasteiger partial charge in [0.2, 0.25) is 5.91 Å². The van der Waals surface area contributed by atoms with Crippen molar-refractivity contribution in [3.05, 3.63) is 52.1 Å². The molecule has 0 spiro atoms. The van der Waals surface area contributed by atoms with E-state index >= 15 is 0 Å². The number of aromatic nitrogens is 2. The van der Waals surface area contributed by atoms with Crippen LogP contribution in [-0.4, -0.2) is 39.0 Å². The first-order valence-corrected chi connectivity index (χ1v) is 7.86. The first-order valence-electron chi connectivity index (χ1n) is 7.86. The zero-order chi connectivity index (χ0) is 17.0. The molecule has 5 heteroatoms. The molecule has 2 aromatic rings. The van der Waals surface area contributed by atoms with E-state index in [1.54, 1.807) is 11.2 Å². The number of nitrogens with one attached hydrogen (secondary N) is 1. The summed E-state index contributed by atoms with van der Waals surface area (Å²) in [6.45, 7) is 8.74. The number of aliphatic hydroxyl groups excluding tert-OH is 1. The van der Waals surface area contributed by atoms with Gasteiger partial charge in [0.15, 0.2) is 0 Å². The van der Waals surface area contributed by atoms with E-state index < -0.39 is 0 Å². The summed E-state index contributed by atoms with van der Waals surface area (Å²) in [6.07, 6.45) is 1.97. The molecule has 0 bridgehead atoms. The summed E-state index contributed by atoms with van der Waals surface area (Å²) in [5, 5.41) is 9.27. The maximum absolute atomic E-state index is 12.7. The number of nitrogens with zero attached hydrogens (tertiary/aromatic N) is 2. The standard InChI is InChI=1S/C18H25N3O2/c1-12-7-13(2)16(14(3)8-12)9-18(23)21(5-6-22)10-17-15(4)19-11-20-17/h7-8,11,22H,5-6,9-10H2,1-4H3,(H,19,20). The van der Waals surface area contributed by atoms with Gasteiger partial charge in [-0.15, -0.1) is 0 Å². The Kier molecular flexibility index (Phi) is 5.55. The largest absolute Gasteiger partial charge is 0.395 e.